The molecular weight excluding hydrogens is 1060 g/mol. The Bertz CT molecular complexity index is 3080. The number of amides is 1. The molecule has 3 aliphatic carbocycles. The number of carbonyl (C=O) groups excluding carboxylic acids is 5. The first kappa shape index (κ1) is 58.9. The standard InChI is InChI=1S/C62H68NO17P/c1-6-22-48(64)79-52(50(42-27-16-9-17-28-42)63-56(67)43-29-18-10-19-30-43)58(69)78-45-34-62(71)55(80-57(68)44-31-20-11-21-32-44)53-60(5,54(66)51(65)49(39(45)2)59(62,3)4)46(33-47-61(53,70)37-73-47)74-38-77-81(72,75-35-40-23-12-7-13-24-40)76-36-41-25-14-8-15-26-41/h7-21,23-32,45-47,50-53,55,65,70-71H,6,22,33-38H2,1-5H3,(H,63,67)/t45?,46?,47?,50?,51?,52?,53?,55?,60-,61+,62?/m1/s1. The molecule has 4 aliphatic rings. The second-order valence-corrected chi connectivity index (χ2v) is 23.4. The number of phosphoric ester groups is 1. The van der Waals surface area contributed by atoms with E-state index in [9.17, 15) is 34.3 Å². The summed E-state index contributed by atoms with van der Waals surface area (Å²) >= 11 is 0. The van der Waals surface area contributed by atoms with Gasteiger partial charge in [-0.3, -0.25) is 28.0 Å². The summed E-state index contributed by atoms with van der Waals surface area (Å²) in [4.78, 5) is 73.1. The first-order valence-corrected chi connectivity index (χ1v) is 28.5. The number of aliphatic hydroxyl groups is 3. The van der Waals surface area contributed by atoms with Crippen LogP contribution in [0.2, 0.25) is 0 Å². The average molecular weight is 1130 g/mol. The molecule has 0 spiro atoms. The number of Topliss-reactive ketones (excluding diaryl/α,β-unsaturated/α-hetero) is 1. The van der Waals surface area contributed by atoms with E-state index in [2.05, 4.69) is 5.32 Å². The normalized spacial score (nSPS) is 27.4. The molecule has 2 bridgehead atoms. The van der Waals surface area contributed by atoms with E-state index in [0.29, 0.717) is 23.1 Å². The summed E-state index contributed by atoms with van der Waals surface area (Å²) in [5.41, 5.74) is -6.32. The Morgan fingerprint density at radius 2 is 1.30 bits per heavy atom. The molecule has 2 saturated carbocycles. The van der Waals surface area contributed by atoms with Gasteiger partial charge in [-0.2, -0.15) is 0 Å². The summed E-state index contributed by atoms with van der Waals surface area (Å²) in [5, 5.41) is 42.8. The number of hydrogen-bond acceptors (Lipinski definition) is 17. The van der Waals surface area contributed by atoms with Gasteiger partial charge in [-0.1, -0.05) is 148 Å². The van der Waals surface area contributed by atoms with Crippen molar-refractivity contribution in [3.8, 4) is 0 Å². The van der Waals surface area contributed by atoms with Crippen molar-refractivity contribution in [3.05, 3.63) is 191 Å². The molecule has 9 unspecified atom stereocenters. The zero-order chi connectivity index (χ0) is 57.7. The monoisotopic (exact) mass is 1130 g/mol. The molecule has 1 heterocycles. The van der Waals surface area contributed by atoms with Gasteiger partial charge in [0.1, 0.15) is 35.6 Å². The maximum atomic E-state index is 15.9. The molecule has 18 nitrogen and oxygen atoms in total. The van der Waals surface area contributed by atoms with Crippen molar-refractivity contribution < 1.29 is 81.1 Å². The molecule has 428 valence electrons. The van der Waals surface area contributed by atoms with Crippen molar-refractivity contribution in [1.29, 1.82) is 0 Å². The van der Waals surface area contributed by atoms with E-state index in [4.69, 9.17) is 37.3 Å². The molecule has 1 saturated heterocycles. The first-order valence-electron chi connectivity index (χ1n) is 27.0. The maximum absolute atomic E-state index is 15.9. The fourth-order valence-corrected chi connectivity index (χ4v) is 13.0. The number of aliphatic hydroxyl groups excluding tert-OH is 1. The Labute approximate surface area is 470 Å². The average Bonchev–Trinajstić information content (AvgIpc) is 0.972. The zero-order valence-corrected chi connectivity index (χ0v) is 46.6. The molecule has 5 aromatic rings. The number of phosphoric acid groups is 1. The van der Waals surface area contributed by atoms with E-state index in [-0.39, 0.29) is 48.3 Å². The van der Waals surface area contributed by atoms with Crippen molar-refractivity contribution in [2.24, 2.45) is 16.7 Å². The highest BCUT2D eigenvalue weighted by Crippen LogP contribution is 2.64. The van der Waals surface area contributed by atoms with Crippen molar-refractivity contribution in [2.45, 2.75) is 127 Å². The minimum Gasteiger partial charge on any atom is -0.455 e. The maximum Gasteiger partial charge on any atom is 0.477 e. The second-order valence-electron chi connectivity index (χ2n) is 21.8. The Hall–Kier alpha value is -6.70. The van der Waals surface area contributed by atoms with Crippen LogP contribution in [0.1, 0.15) is 104 Å². The van der Waals surface area contributed by atoms with Gasteiger partial charge in [-0.05, 0) is 72.4 Å². The fourth-order valence-electron chi connectivity index (χ4n) is 12.0. The lowest BCUT2D eigenvalue weighted by molar-refractivity contribution is -0.349. The predicted molar refractivity (Wildman–Crippen MR) is 292 cm³/mol. The third-order valence-corrected chi connectivity index (χ3v) is 17.8. The second kappa shape index (κ2) is 24.4. The predicted octanol–water partition coefficient (Wildman–Crippen LogP) is 8.49. The van der Waals surface area contributed by atoms with Crippen LogP contribution in [0.5, 0.6) is 0 Å². The highest BCUT2D eigenvalue weighted by molar-refractivity contribution is 7.48. The number of rotatable bonds is 21. The van der Waals surface area contributed by atoms with Crippen LogP contribution in [0.15, 0.2) is 163 Å². The lowest BCUT2D eigenvalue weighted by atomic mass is 9.44. The number of benzene rings is 5. The smallest absolute Gasteiger partial charge is 0.455 e. The third-order valence-electron chi connectivity index (χ3n) is 16.5. The van der Waals surface area contributed by atoms with Crippen molar-refractivity contribution >= 4 is 37.4 Å². The van der Waals surface area contributed by atoms with E-state index in [1.807, 2.05) is 12.1 Å². The van der Waals surface area contributed by atoms with Crippen LogP contribution in [-0.2, 0) is 69.4 Å². The molecule has 3 fully saturated rings. The molecule has 9 rings (SSSR count). The SMILES string of the molecule is CCCC(=O)OC(C(=O)OC1CC2(O)C(OC(=O)c3ccccc3)C3[C@]4(O)COC4CC(OCOP(=O)(OCc4ccccc4)OCc4ccccc4)[C@@]3(C)C(=O)C(O)C(=C1C)C2(C)C)C(NC(=O)c1ccccc1)c1ccccc1. The van der Waals surface area contributed by atoms with Gasteiger partial charge in [0.15, 0.2) is 12.6 Å². The Morgan fingerprint density at radius 1 is 0.753 bits per heavy atom. The molecule has 1 amide bonds. The molecule has 0 radical (unpaired) electrons. The van der Waals surface area contributed by atoms with Crippen LogP contribution < -0.4 is 5.32 Å². The summed E-state index contributed by atoms with van der Waals surface area (Å²) in [6, 6.07) is 40.9. The van der Waals surface area contributed by atoms with Gasteiger partial charge >= 0.3 is 25.7 Å². The highest BCUT2D eigenvalue weighted by Gasteiger charge is 2.77. The number of nitrogens with one attached hydrogen (secondary N) is 1. The van der Waals surface area contributed by atoms with Crippen molar-refractivity contribution in [3.63, 3.8) is 0 Å². The van der Waals surface area contributed by atoms with Gasteiger partial charge in [-0.15, -0.1) is 0 Å². The van der Waals surface area contributed by atoms with E-state index in [1.165, 1.54) is 26.0 Å². The van der Waals surface area contributed by atoms with Gasteiger partial charge in [0.2, 0.25) is 6.10 Å². The molecule has 81 heavy (non-hydrogen) atoms. The summed E-state index contributed by atoms with van der Waals surface area (Å²) in [6.07, 6.45) is -10.5. The van der Waals surface area contributed by atoms with Crippen molar-refractivity contribution in [1.82, 2.24) is 5.32 Å². The highest BCUT2D eigenvalue weighted by atomic mass is 31.2. The Kier molecular flexibility index (Phi) is 17.8. The molecule has 1 aliphatic heterocycles. The summed E-state index contributed by atoms with van der Waals surface area (Å²) in [6.45, 7) is 6.22. The molecule has 4 N–H and O–H groups in total. The zero-order valence-electron chi connectivity index (χ0n) is 45.7. The molecule has 11 atom stereocenters. The minimum atomic E-state index is -4.49. The molecule has 19 heteroatoms. The number of fused-ring (bicyclic) bond motifs is 5. The first-order chi connectivity index (χ1) is 38.7. The van der Waals surface area contributed by atoms with Gasteiger partial charge < -0.3 is 44.3 Å². The summed E-state index contributed by atoms with van der Waals surface area (Å²) in [7, 11) is -4.49. The van der Waals surface area contributed by atoms with E-state index in [0.717, 1.165) is 0 Å². The molecule has 5 aromatic carbocycles. The summed E-state index contributed by atoms with van der Waals surface area (Å²) < 4.78 is 63.3. The van der Waals surface area contributed by atoms with Crippen LogP contribution >= 0.6 is 7.82 Å². The van der Waals surface area contributed by atoms with Crippen LogP contribution in [0.25, 0.3) is 0 Å². The lowest BCUT2D eigenvalue weighted by Crippen LogP contribution is -2.81. The number of ether oxygens (including phenoxy) is 5. The van der Waals surface area contributed by atoms with E-state index in [1.54, 1.807) is 148 Å². The number of esters is 3. The quantitative estimate of drug-likeness (QED) is 0.0177. The van der Waals surface area contributed by atoms with E-state index < -0.39 is 128 Å². The molecule has 0 aromatic heterocycles. The van der Waals surface area contributed by atoms with Crippen LogP contribution in [0.4, 0.5) is 0 Å². The van der Waals surface area contributed by atoms with E-state index >= 15 is 9.59 Å². The minimum absolute atomic E-state index is 0.0492. The lowest BCUT2D eigenvalue weighted by Gasteiger charge is -2.67. The van der Waals surface area contributed by atoms with Crippen LogP contribution in [0, 0.1) is 16.7 Å². The van der Waals surface area contributed by atoms with Gasteiger partial charge in [0.25, 0.3) is 5.91 Å². The van der Waals surface area contributed by atoms with Crippen LogP contribution in [-0.4, -0.2) is 106 Å². The largest absolute Gasteiger partial charge is 0.477 e. The summed E-state index contributed by atoms with van der Waals surface area (Å²) in [5.74, 6) is -6.09. The van der Waals surface area contributed by atoms with Crippen molar-refractivity contribution in [2.75, 3.05) is 13.4 Å². The van der Waals surface area contributed by atoms with Crippen LogP contribution in [0.3, 0.4) is 0 Å². The van der Waals surface area contributed by atoms with Gasteiger partial charge in [0, 0.05) is 36.2 Å². The topological polar surface area (TPSA) is 249 Å². The fraction of sp³-hybridized carbons (Fsp3) is 0.403. The number of carbonyl (C=O) groups is 5. The Morgan fingerprint density at radius 3 is 1.84 bits per heavy atom. The number of hydrogen-bond donors (Lipinski definition) is 4. The number of ketones is 1. The van der Waals surface area contributed by atoms with Gasteiger partial charge in [0.05, 0.1) is 43.0 Å². The molecular formula is C62H68NO17P. The Balaban J connectivity index is 1.11. The third kappa shape index (κ3) is 11.9. The van der Waals surface area contributed by atoms with Gasteiger partial charge in [-0.25, -0.2) is 14.2 Å².